The number of fused-ring (bicyclic) bond motifs is 6. The van der Waals surface area contributed by atoms with Crippen molar-refractivity contribution >= 4 is 130 Å². The van der Waals surface area contributed by atoms with Gasteiger partial charge in [0.25, 0.3) is 0 Å². The molecule has 10 aromatic heterocycles. The molecule has 0 N–H and O–H groups in total. The Hall–Kier alpha value is -5.48. The van der Waals surface area contributed by atoms with Crippen molar-refractivity contribution in [2.75, 3.05) is 0 Å². The second kappa shape index (κ2) is 21.9. The fourth-order valence-corrected chi connectivity index (χ4v) is 11.9. The smallest absolute Gasteiger partial charge is 0.170 e. The van der Waals surface area contributed by atoms with Crippen LogP contribution in [0.2, 0.25) is 0 Å². The van der Waals surface area contributed by atoms with E-state index in [1.54, 1.807) is 68.0 Å². The maximum Gasteiger partial charge on any atom is 0.170 e. The topological polar surface area (TPSA) is 103 Å². The van der Waals surface area contributed by atoms with E-state index >= 15 is 0 Å². The highest BCUT2D eigenvalue weighted by molar-refractivity contribution is 7.20. The molecule has 0 amide bonds. The first-order valence-corrected chi connectivity index (χ1v) is 26.2. The molecule has 0 aliphatic heterocycles. The second-order valence-electron chi connectivity index (χ2n) is 15.9. The van der Waals surface area contributed by atoms with Gasteiger partial charge in [-0.05, 0) is 172 Å². The van der Waals surface area contributed by atoms with Crippen molar-refractivity contribution in [1.82, 2.24) is 39.9 Å². The van der Waals surface area contributed by atoms with E-state index in [1.807, 2.05) is 66.9 Å². The van der Waals surface area contributed by atoms with Crippen LogP contribution >= 0.6 is 68.0 Å². The Labute approximate surface area is 410 Å². The quantitative estimate of drug-likeness (QED) is 0.148. The summed E-state index contributed by atoms with van der Waals surface area (Å²) in [5, 5.41) is 5.71. The lowest BCUT2D eigenvalue weighted by molar-refractivity contribution is 1.20. The van der Waals surface area contributed by atoms with Gasteiger partial charge in [-0.1, -0.05) is 18.2 Å². The lowest BCUT2D eigenvalue weighted by Gasteiger charge is -1.89. The fraction of sp³-hybridized carbons (Fsp3) is 0.231. The molecule has 12 aromatic rings. The summed E-state index contributed by atoms with van der Waals surface area (Å²) >= 11 is 10.4. The average Bonchev–Trinajstić information content (AvgIpc) is 4.11. The van der Waals surface area contributed by atoms with Gasteiger partial charge in [-0.3, -0.25) is 4.98 Å². The third-order valence-corrected chi connectivity index (χ3v) is 15.2. The van der Waals surface area contributed by atoms with Gasteiger partial charge in [0.1, 0.15) is 4.83 Å². The van der Waals surface area contributed by atoms with Gasteiger partial charge in [-0.15, -0.1) is 68.0 Å². The summed E-state index contributed by atoms with van der Waals surface area (Å²) in [5.41, 5.74) is 12.3. The van der Waals surface area contributed by atoms with Crippen molar-refractivity contribution in [2.45, 2.75) is 83.1 Å². The van der Waals surface area contributed by atoms with E-state index in [2.05, 4.69) is 153 Å². The molecule has 10 heterocycles. The number of hydrogen-bond acceptors (Lipinski definition) is 14. The van der Waals surface area contributed by atoms with Crippen LogP contribution in [0.5, 0.6) is 0 Å². The number of thiazole rings is 4. The molecule has 0 saturated heterocycles. The molecule has 12 rings (SSSR count). The summed E-state index contributed by atoms with van der Waals surface area (Å²) in [5.74, 6) is 0. The fourth-order valence-electron chi connectivity index (χ4n) is 6.62. The van der Waals surface area contributed by atoms with Crippen LogP contribution in [0.15, 0.2) is 97.3 Å². The number of rotatable bonds is 0. The van der Waals surface area contributed by atoms with Crippen LogP contribution < -0.4 is 0 Å². The summed E-state index contributed by atoms with van der Waals surface area (Å²) in [4.78, 5) is 38.4. The van der Waals surface area contributed by atoms with Gasteiger partial charge in [0.15, 0.2) is 11.3 Å². The largest absolute Gasteiger partial charge is 0.255 e. The Kier molecular flexibility index (Phi) is 16.1. The average molecular weight is 981 g/mol. The van der Waals surface area contributed by atoms with E-state index < -0.39 is 0 Å². The maximum absolute atomic E-state index is 4.42. The first-order valence-electron chi connectivity index (χ1n) is 21.3. The number of aromatic nitrogens is 8. The van der Waals surface area contributed by atoms with Gasteiger partial charge in [-0.2, -0.15) is 0 Å². The Morgan fingerprint density at radius 1 is 0.318 bits per heavy atom. The summed E-state index contributed by atoms with van der Waals surface area (Å²) < 4.78 is 6.23. The van der Waals surface area contributed by atoms with Gasteiger partial charge >= 0.3 is 0 Å². The van der Waals surface area contributed by atoms with Gasteiger partial charge in [0, 0.05) is 38.9 Å². The van der Waals surface area contributed by atoms with Crippen LogP contribution in [0.25, 0.3) is 61.6 Å². The summed E-state index contributed by atoms with van der Waals surface area (Å²) in [7, 11) is 0. The van der Waals surface area contributed by atoms with E-state index in [0.29, 0.717) is 0 Å². The molecule has 336 valence electrons. The molecule has 0 radical (unpaired) electrons. The van der Waals surface area contributed by atoms with E-state index in [0.717, 1.165) is 64.1 Å². The van der Waals surface area contributed by atoms with E-state index in [-0.39, 0.29) is 0 Å². The van der Waals surface area contributed by atoms with E-state index in [4.69, 9.17) is 0 Å². The van der Waals surface area contributed by atoms with E-state index in [9.17, 15) is 0 Å². The first-order chi connectivity index (χ1) is 31.5. The molecule has 0 fully saturated rings. The zero-order chi connectivity index (χ0) is 47.1. The number of thiophene rings is 2. The van der Waals surface area contributed by atoms with Crippen molar-refractivity contribution in [3.05, 3.63) is 161 Å². The van der Waals surface area contributed by atoms with Crippen molar-refractivity contribution in [2.24, 2.45) is 0 Å². The number of benzene rings is 2. The minimum absolute atomic E-state index is 0.873. The molecule has 0 aliphatic rings. The standard InChI is InChI=1S/4C9H9NS.2C8H8N2S/c1-6-3-9-8(10-5-6)4-7(2)11-9;1-6-3-4-8-5-7(2)11-9(8)10-6;1-6-3-4-9-8(5-6)10-7(2)11-9;1-6-3-4-8-9(5-6)11-7(2)10-8;1-5-3-7-8(9-4-5)10-6(2)11-7;1-5-3-4-7-8(9-5)10-6(2)11-7/h4*3-5H,1-2H3;2*3-4H,1-2H3. The SMILES string of the molecule is Cc1ccc2cc(C)sc2n1.Cc1ccc2nc(C)sc2c1.Cc1ccc2sc(C)nc2c1.Cc1ccc2sc(C)nc2n1.Cc1cnc2cc(C)sc2c1.Cc1cnc2nc(C)sc2c1. The highest BCUT2D eigenvalue weighted by Crippen LogP contribution is 2.26. The van der Waals surface area contributed by atoms with Crippen molar-refractivity contribution in [3.63, 3.8) is 0 Å². The lowest BCUT2D eigenvalue weighted by atomic mass is 10.2. The van der Waals surface area contributed by atoms with Crippen LogP contribution in [-0.4, -0.2) is 39.9 Å². The molecule has 0 unspecified atom stereocenters. The number of nitrogens with zero attached hydrogens (tertiary/aromatic N) is 8. The highest BCUT2D eigenvalue weighted by atomic mass is 32.1. The normalized spacial score (nSPS) is 10.7. The Bertz CT molecular complexity index is 2950. The van der Waals surface area contributed by atoms with Crippen molar-refractivity contribution in [1.29, 1.82) is 0 Å². The molecule has 0 atom stereocenters. The summed E-state index contributed by atoms with van der Waals surface area (Å²) in [6.45, 7) is 24.6. The Morgan fingerprint density at radius 2 is 0.848 bits per heavy atom. The molecule has 8 nitrogen and oxygen atoms in total. The minimum Gasteiger partial charge on any atom is -0.255 e. The first kappa shape index (κ1) is 48.5. The molecule has 0 aliphatic carbocycles. The number of pyridine rings is 4. The Balaban J connectivity index is 0.000000118. The third kappa shape index (κ3) is 13.3. The predicted octanol–water partition coefficient (Wildman–Crippen LogP) is 16.3. The second-order valence-corrected chi connectivity index (χ2v) is 23.4. The molecule has 0 bridgehead atoms. The zero-order valence-corrected chi connectivity index (χ0v) is 44.2. The third-order valence-electron chi connectivity index (χ3n) is 9.57. The minimum atomic E-state index is 0.873. The monoisotopic (exact) mass is 980 g/mol. The van der Waals surface area contributed by atoms with Crippen molar-refractivity contribution in [3.8, 4) is 0 Å². The van der Waals surface area contributed by atoms with Crippen LogP contribution in [0, 0.1) is 83.1 Å². The maximum atomic E-state index is 4.42. The molecular weight excluding hydrogens is 929 g/mol. The Morgan fingerprint density at radius 3 is 1.62 bits per heavy atom. The molecular formula is C52H52N8S6. The predicted molar refractivity (Wildman–Crippen MR) is 290 cm³/mol. The molecule has 2 aromatic carbocycles. The highest BCUT2D eigenvalue weighted by Gasteiger charge is 2.03. The molecule has 0 saturated carbocycles. The molecule has 0 spiro atoms. The summed E-state index contributed by atoms with van der Waals surface area (Å²) in [6.07, 6.45) is 3.76. The van der Waals surface area contributed by atoms with E-state index in [1.165, 1.54) is 60.9 Å². The van der Waals surface area contributed by atoms with Gasteiger partial charge in [0.2, 0.25) is 0 Å². The van der Waals surface area contributed by atoms with Crippen molar-refractivity contribution < 1.29 is 0 Å². The zero-order valence-electron chi connectivity index (χ0n) is 39.3. The molecule has 66 heavy (non-hydrogen) atoms. The van der Waals surface area contributed by atoms with Gasteiger partial charge < -0.3 is 0 Å². The van der Waals surface area contributed by atoms with Crippen LogP contribution in [0.3, 0.4) is 0 Å². The van der Waals surface area contributed by atoms with Gasteiger partial charge in [0.05, 0.1) is 60.1 Å². The number of aryl methyl sites for hydroxylation is 12. The van der Waals surface area contributed by atoms with Crippen LogP contribution in [0.1, 0.15) is 63.4 Å². The number of hydrogen-bond donors (Lipinski definition) is 0. The molecule has 14 heteroatoms. The lowest BCUT2D eigenvalue weighted by Crippen LogP contribution is -1.79. The van der Waals surface area contributed by atoms with Gasteiger partial charge in [-0.25, -0.2) is 34.9 Å². The summed E-state index contributed by atoms with van der Waals surface area (Å²) in [6, 6.07) is 29.6. The van der Waals surface area contributed by atoms with Crippen LogP contribution in [0.4, 0.5) is 0 Å². The van der Waals surface area contributed by atoms with Crippen LogP contribution in [-0.2, 0) is 0 Å².